The molecule has 7 heteroatoms. The number of aliphatic hydroxyl groups excluding tert-OH is 1. The average molecular weight is 472 g/mol. The fraction of sp³-hybridized carbons (Fsp3) is 0.357. The molecule has 2 aliphatic heterocycles. The summed E-state index contributed by atoms with van der Waals surface area (Å²) in [5.74, 6) is 0. The van der Waals surface area contributed by atoms with E-state index in [1.54, 1.807) is 10.9 Å². The number of nitrogens with zero attached hydrogens (tertiary/aromatic N) is 3. The number of fused-ring (bicyclic) bond motifs is 3. The van der Waals surface area contributed by atoms with E-state index in [9.17, 15) is 9.90 Å². The molecule has 0 amide bonds. The first-order chi connectivity index (χ1) is 17.2. The van der Waals surface area contributed by atoms with Gasteiger partial charge in [-0.1, -0.05) is 36.4 Å². The molecule has 6 rings (SSSR count). The van der Waals surface area contributed by atoms with Gasteiger partial charge in [-0.05, 0) is 47.6 Å². The summed E-state index contributed by atoms with van der Waals surface area (Å²) >= 11 is 0. The maximum atomic E-state index is 13.6. The Balaban J connectivity index is 1.40. The van der Waals surface area contributed by atoms with Crippen molar-refractivity contribution in [2.75, 3.05) is 44.4 Å². The van der Waals surface area contributed by atoms with Gasteiger partial charge in [-0.25, -0.2) is 4.98 Å². The number of ether oxygens (including phenoxy) is 2. The third-order valence-electron chi connectivity index (χ3n) is 7.23. The number of anilines is 1. The molecule has 1 aromatic heterocycles. The Kier molecular flexibility index (Phi) is 5.98. The normalized spacial score (nSPS) is 21.0. The van der Waals surface area contributed by atoms with Crippen LogP contribution in [0.2, 0.25) is 0 Å². The second-order valence-corrected chi connectivity index (χ2v) is 9.38. The number of aliphatic hydroxyl groups is 1. The lowest BCUT2D eigenvalue weighted by Crippen LogP contribution is -2.39. The standard InChI is InChI=1S/C28H29N3O4/c32-26-17-35-12-9-25(26)31-18-29-27-23-4-2-1-3-22(23)20(16-24(27)28(31)33)15-19-5-7-21(8-6-19)30-10-13-34-14-11-30/h1-8,16,18,25-26,32H,9-15,17H2. The van der Waals surface area contributed by atoms with E-state index in [0.717, 1.165) is 42.6 Å². The summed E-state index contributed by atoms with van der Waals surface area (Å²) in [6, 6.07) is 18.5. The second-order valence-electron chi connectivity index (χ2n) is 9.38. The van der Waals surface area contributed by atoms with Crippen LogP contribution in [0.1, 0.15) is 23.6 Å². The van der Waals surface area contributed by atoms with E-state index in [1.807, 2.05) is 24.3 Å². The molecule has 3 heterocycles. The molecule has 7 nitrogen and oxygen atoms in total. The van der Waals surface area contributed by atoms with Crippen LogP contribution in [0, 0.1) is 0 Å². The number of hydrogen-bond donors (Lipinski definition) is 1. The SMILES string of the molecule is O=c1c2cc(Cc3ccc(N4CCOCC4)cc3)c3ccccc3c2ncn1C1CCOCC1O. The highest BCUT2D eigenvalue weighted by molar-refractivity contribution is 6.06. The molecule has 2 aliphatic rings. The van der Waals surface area contributed by atoms with E-state index in [4.69, 9.17) is 9.47 Å². The molecule has 3 aromatic carbocycles. The first-order valence-corrected chi connectivity index (χ1v) is 12.3. The monoisotopic (exact) mass is 471 g/mol. The van der Waals surface area contributed by atoms with Gasteiger partial charge in [0.05, 0.1) is 49.2 Å². The second kappa shape index (κ2) is 9.41. The van der Waals surface area contributed by atoms with Crippen molar-refractivity contribution in [3.63, 3.8) is 0 Å². The predicted molar refractivity (Wildman–Crippen MR) is 136 cm³/mol. The summed E-state index contributed by atoms with van der Waals surface area (Å²) in [5, 5.41) is 13.1. The van der Waals surface area contributed by atoms with E-state index in [2.05, 4.69) is 40.2 Å². The number of morpholine rings is 1. The Hall–Kier alpha value is -3.26. The molecule has 0 bridgehead atoms. The minimum atomic E-state index is -0.717. The van der Waals surface area contributed by atoms with Crippen LogP contribution < -0.4 is 10.5 Å². The number of benzene rings is 3. The minimum absolute atomic E-state index is 0.115. The molecule has 2 fully saturated rings. The van der Waals surface area contributed by atoms with Crippen LogP contribution in [0.15, 0.2) is 65.7 Å². The Labute approximate surface area is 203 Å². The zero-order chi connectivity index (χ0) is 23.8. The van der Waals surface area contributed by atoms with Gasteiger partial charge in [-0.3, -0.25) is 9.36 Å². The van der Waals surface area contributed by atoms with Gasteiger partial charge in [0, 0.05) is 30.8 Å². The van der Waals surface area contributed by atoms with E-state index in [0.29, 0.717) is 30.4 Å². The first kappa shape index (κ1) is 22.2. The highest BCUT2D eigenvalue weighted by Gasteiger charge is 2.27. The van der Waals surface area contributed by atoms with Gasteiger partial charge in [-0.2, -0.15) is 0 Å². The molecule has 0 radical (unpaired) electrons. The molecular weight excluding hydrogens is 442 g/mol. The maximum absolute atomic E-state index is 13.6. The molecule has 180 valence electrons. The van der Waals surface area contributed by atoms with Crippen molar-refractivity contribution >= 4 is 27.4 Å². The molecule has 0 spiro atoms. The topological polar surface area (TPSA) is 76.8 Å². The van der Waals surface area contributed by atoms with Crippen molar-refractivity contribution in [2.45, 2.75) is 25.0 Å². The summed E-state index contributed by atoms with van der Waals surface area (Å²) < 4.78 is 12.4. The van der Waals surface area contributed by atoms with Gasteiger partial charge in [-0.15, -0.1) is 0 Å². The predicted octanol–water partition coefficient (Wildman–Crippen LogP) is 3.30. The molecule has 1 N–H and O–H groups in total. The molecule has 2 saturated heterocycles. The van der Waals surface area contributed by atoms with E-state index in [1.165, 1.54) is 11.3 Å². The highest BCUT2D eigenvalue weighted by atomic mass is 16.5. The van der Waals surface area contributed by atoms with Gasteiger partial charge in [0.15, 0.2) is 0 Å². The molecule has 2 atom stereocenters. The highest BCUT2D eigenvalue weighted by Crippen LogP contribution is 2.29. The zero-order valence-electron chi connectivity index (χ0n) is 19.6. The van der Waals surface area contributed by atoms with Crippen LogP contribution in [0.5, 0.6) is 0 Å². The molecule has 4 aromatic rings. The van der Waals surface area contributed by atoms with E-state index < -0.39 is 6.10 Å². The maximum Gasteiger partial charge on any atom is 0.261 e. The average Bonchev–Trinajstić information content (AvgIpc) is 2.91. The Morgan fingerprint density at radius 2 is 1.71 bits per heavy atom. The fourth-order valence-electron chi connectivity index (χ4n) is 5.33. The molecule has 0 saturated carbocycles. The molecule has 0 aliphatic carbocycles. The number of hydrogen-bond acceptors (Lipinski definition) is 6. The summed E-state index contributed by atoms with van der Waals surface area (Å²) in [7, 11) is 0. The Bertz CT molecular complexity index is 1410. The number of rotatable bonds is 4. The third kappa shape index (κ3) is 4.20. The van der Waals surface area contributed by atoms with Gasteiger partial charge in [0.2, 0.25) is 0 Å². The Morgan fingerprint density at radius 3 is 2.49 bits per heavy atom. The van der Waals surface area contributed by atoms with Crippen molar-refractivity contribution in [2.24, 2.45) is 0 Å². The summed E-state index contributed by atoms with van der Waals surface area (Å²) in [4.78, 5) is 20.6. The van der Waals surface area contributed by atoms with Crippen molar-refractivity contribution in [3.05, 3.63) is 82.4 Å². The zero-order valence-corrected chi connectivity index (χ0v) is 19.6. The van der Waals surface area contributed by atoms with Crippen molar-refractivity contribution < 1.29 is 14.6 Å². The van der Waals surface area contributed by atoms with Gasteiger partial charge >= 0.3 is 0 Å². The van der Waals surface area contributed by atoms with E-state index in [-0.39, 0.29) is 18.2 Å². The first-order valence-electron chi connectivity index (χ1n) is 12.3. The lowest BCUT2D eigenvalue weighted by Gasteiger charge is -2.29. The van der Waals surface area contributed by atoms with Gasteiger partial charge in [0.1, 0.15) is 0 Å². The van der Waals surface area contributed by atoms with Crippen LogP contribution in [-0.2, 0) is 15.9 Å². The van der Waals surface area contributed by atoms with Crippen LogP contribution >= 0.6 is 0 Å². The lowest BCUT2D eigenvalue weighted by molar-refractivity contribution is -0.0395. The van der Waals surface area contributed by atoms with Crippen LogP contribution in [0.3, 0.4) is 0 Å². The summed E-state index contributed by atoms with van der Waals surface area (Å²) in [5.41, 5.74) is 4.08. The van der Waals surface area contributed by atoms with Crippen molar-refractivity contribution in [1.29, 1.82) is 0 Å². The Morgan fingerprint density at radius 1 is 0.943 bits per heavy atom. The largest absolute Gasteiger partial charge is 0.389 e. The van der Waals surface area contributed by atoms with Gasteiger partial charge in [0.25, 0.3) is 5.56 Å². The number of aromatic nitrogens is 2. The van der Waals surface area contributed by atoms with Crippen LogP contribution in [0.25, 0.3) is 21.7 Å². The fourth-order valence-corrected chi connectivity index (χ4v) is 5.33. The minimum Gasteiger partial charge on any atom is -0.389 e. The summed E-state index contributed by atoms with van der Waals surface area (Å²) in [6.45, 7) is 4.11. The third-order valence-corrected chi connectivity index (χ3v) is 7.23. The van der Waals surface area contributed by atoms with Crippen molar-refractivity contribution in [1.82, 2.24) is 9.55 Å². The smallest absolute Gasteiger partial charge is 0.261 e. The summed E-state index contributed by atoms with van der Waals surface area (Å²) in [6.07, 6.45) is 2.17. The van der Waals surface area contributed by atoms with Crippen LogP contribution in [0.4, 0.5) is 5.69 Å². The molecule has 35 heavy (non-hydrogen) atoms. The van der Waals surface area contributed by atoms with Gasteiger partial charge < -0.3 is 19.5 Å². The molecule has 2 unspecified atom stereocenters. The van der Waals surface area contributed by atoms with Crippen molar-refractivity contribution in [3.8, 4) is 0 Å². The van der Waals surface area contributed by atoms with Crippen LogP contribution in [-0.4, -0.2) is 60.3 Å². The molecular formula is C28H29N3O4. The quantitative estimate of drug-likeness (QED) is 0.461. The lowest BCUT2D eigenvalue weighted by atomic mass is 9.95. The van der Waals surface area contributed by atoms with E-state index >= 15 is 0 Å².